The number of carbonyl (C=O) groups is 1. The Bertz CT molecular complexity index is 374. The Morgan fingerprint density at radius 2 is 2.00 bits per heavy atom. The topological polar surface area (TPSA) is 17.1 Å². The maximum Gasteiger partial charge on any atom is 0.157 e. The van der Waals surface area contributed by atoms with Gasteiger partial charge in [-0.3, -0.25) is 4.79 Å². The van der Waals surface area contributed by atoms with Crippen LogP contribution in [0, 0.1) is 0 Å². The molecule has 1 aromatic carbocycles. The van der Waals surface area contributed by atoms with E-state index in [0.29, 0.717) is 16.7 Å². The van der Waals surface area contributed by atoms with Crippen LogP contribution < -0.4 is 0 Å². The van der Waals surface area contributed by atoms with Gasteiger partial charge >= 0.3 is 0 Å². The number of carbonyl (C=O) groups excluding carboxylic acids is 1. The van der Waals surface area contributed by atoms with E-state index >= 15 is 0 Å². The highest BCUT2D eigenvalue weighted by atomic mass is 32.2. The van der Waals surface area contributed by atoms with Crippen LogP contribution >= 0.6 is 0 Å². The predicted octanol–water partition coefficient (Wildman–Crippen LogP) is 2.90. The molecule has 16 heavy (non-hydrogen) atoms. The molecule has 2 atom stereocenters. The molecule has 0 radical (unpaired) electrons. The van der Waals surface area contributed by atoms with Crippen molar-refractivity contribution < 1.29 is 4.79 Å². The molecule has 1 nitrogen and oxygen atoms in total. The van der Waals surface area contributed by atoms with E-state index in [9.17, 15) is 4.79 Å². The van der Waals surface area contributed by atoms with Gasteiger partial charge in [-0.1, -0.05) is 30.3 Å². The molecular formula is C14H19OS+. The minimum Gasteiger partial charge on any atom is -0.299 e. The fourth-order valence-corrected chi connectivity index (χ4v) is 5.24. The van der Waals surface area contributed by atoms with Gasteiger partial charge in [-0.15, -0.1) is 0 Å². The molecule has 0 bridgehead atoms. The van der Waals surface area contributed by atoms with Crippen molar-refractivity contribution >= 4 is 16.7 Å². The van der Waals surface area contributed by atoms with Crippen LogP contribution in [0.2, 0.25) is 0 Å². The zero-order valence-corrected chi connectivity index (χ0v) is 10.8. The maximum atomic E-state index is 11.7. The Morgan fingerprint density at radius 3 is 2.62 bits per heavy atom. The minimum atomic E-state index is 0.0886. The highest BCUT2D eigenvalue weighted by Gasteiger charge is 2.48. The molecule has 2 heteroatoms. The largest absolute Gasteiger partial charge is 0.299 e. The Balaban J connectivity index is 2.36. The third kappa shape index (κ3) is 2.03. The lowest BCUT2D eigenvalue weighted by Crippen LogP contribution is -2.42. The normalized spacial score (nSPS) is 30.4. The lowest BCUT2D eigenvalue weighted by molar-refractivity contribution is -0.119. The zero-order chi connectivity index (χ0) is 11.6. The van der Waals surface area contributed by atoms with Gasteiger partial charge in [0.25, 0.3) is 0 Å². The average molecular weight is 235 g/mol. The molecule has 1 aromatic rings. The first-order valence-electron chi connectivity index (χ1n) is 5.91. The molecule has 1 aliphatic heterocycles. The Kier molecular flexibility index (Phi) is 3.38. The quantitative estimate of drug-likeness (QED) is 0.720. The summed E-state index contributed by atoms with van der Waals surface area (Å²) in [5, 5.41) is 0. The standard InChI is InChI=1S/C14H19OS/c1-3-16-10-9-13(15)11-14(16,2)12-7-5-4-6-8-12/h4-8H,3,9-11H2,1-2H3/q+1. The van der Waals surface area contributed by atoms with Gasteiger partial charge in [-0.05, 0) is 24.7 Å². The van der Waals surface area contributed by atoms with Gasteiger partial charge in [0, 0.05) is 5.56 Å². The summed E-state index contributed by atoms with van der Waals surface area (Å²) in [7, 11) is 0.352. The molecule has 0 saturated carbocycles. The fourth-order valence-electron chi connectivity index (χ4n) is 2.55. The van der Waals surface area contributed by atoms with E-state index in [2.05, 4.69) is 38.1 Å². The summed E-state index contributed by atoms with van der Waals surface area (Å²) in [5.41, 5.74) is 1.34. The fraction of sp³-hybridized carbons (Fsp3) is 0.500. The van der Waals surface area contributed by atoms with Crippen molar-refractivity contribution in [1.29, 1.82) is 0 Å². The van der Waals surface area contributed by atoms with E-state index in [4.69, 9.17) is 0 Å². The first-order valence-corrected chi connectivity index (χ1v) is 7.48. The highest BCUT2D eigenvalue weighted by Crippen LogP contribution is 2.39. The van der Waals surface area contributed by atoms with Gasteiger partial charge in [0.2, 0.25) is 0 Å². The van der Waals surface area contributed by atoms with Crippen molar-refractivity contribution in [3.63, 3.8) is 0 Å². The number of rotatable bonds is 2. The number of hydrogen-bond acceptors (Lipinski definition) is 1. The number of ketones is 1. The second-order valence-electron chi connectivity index (χ2n) is 4.55. The number of benzene rings is 1. The summed E-state index contributed by atoms with van der Waals surface area (Å²) < 4.78 is 0.0886. The van der Waals surface area contributed by atoms with Gasteiger partial charge in [0.15, 0.2) is 4.75 Å². The van der Waals surface area contributed by atoms with Crippen molar-refractivity contribution in [2.45, 2.75) is 31.4 Å². The van der Waals surface area contributed by atoms with Gasteiger partial charge in [-0.25, -0.2) is 0 Å². The summed E-state index contributed by atoms with van der Waals surface area (Å²) in [6.45, 7) is 4.52. The monoisotopic (exact) mass is 235 g/mol. The summed E-state index contributed by atoms with van der Waals surface area (Å²) in [6.07, 6.45) is 1.52. The average Bonchev–Trinajstić information content (AvgIpc) is 2.30. The summed E-state index contributed by atoms with van der Waals surface area (Å²) in [5.74, 6) is 2.71. The Morgan fingerprint density at radius 1 is 1.31 bits per heavy atom. The van der Waals surface area contributed by atoms with E-state index in [-0.39, 0.29) is 4.75 Å². The van der Waals surface area contributed by atoms with Crippen LogP contribution in [0.1, 0.15) is 32.3 Å². The van der Waals surface area contributed by atoms with Crippen LogP contribution in [0.3, 0.4) is 0 Å². The first-order chi connectivity index (χ1) is 7.66. The van der Waals surface area contributed by atoms with Gasteiger partial charge < -0.3 is 0 Å². The molecule has 1 heterocycles. The lowest BCUT2D eigenvalue weighted by Gasteiger charge is -2.32. The molecule has 1 saturated heterocycles. The third-order valence-corrected chi connectivity index (χ3v) is 6.58. The molecule has 1 fully saturated rings. The molecule has 0 aromatic heterocycles. The summed E-state index contributed by atoms with van der Waals surface area (Å²) in [6, 6.07) is 10.6. The molecule has 0 N–H and O–H groups in total. The van der Waals surface area contributed by atoms with Gasteiger partial charge in [0.05, 0.1) is 12.8 Å². The molecule has 86 valence electrons. The molecule has 2 rings (SSSR count). The van der Waals surface area contributed by atoms with E-state index in [1.165, 1.54) is 11.3 Å². The van der Waals surface area contributed by atoms with Crippen molar-refractivity contribution in [2.24, 2.45) is 0 Å². The third-order valence-electron chi connectivity index (χ3n) is 3.53. The molecule has 2 unspecified atom stereocenters. The van der Waals surface area contributed by atoms with E-state index in [1.54, 1.807) is 0 Å². The highest BCUT2D eigenvalue weighted by molar-refractivity contribution is 7.97. The van der Waals surface area contributed by atoms with Crippen molar-refractivity contribution in [3.05, 3.63) is 35.9 Å². The summed E-state index contributed by atoms with van der Waals surface area (Å²) in [4.78, 5) is 11.7. The van der Waals surface area contributed by atoms with Crippen LogP contribution in [-0.2, 0) is 20.4 Å². The van der Waals surface area contributed by atoms with Gasteiger partial charge in [-0.2, -0.15) is 0 Å². The first kappa shape index (κ1) is 11.7. The van der Waals surface area contributed by atoms with Crippen molar-refractivity contribution in [2.75, 3.05) is 11.5 Å². The summed E-state index contributed by atoms with van der Waals surface area (Å²) >= 11 is 0. The van der Waals surface area contributed by atoms with Crippen molar-refractivity contribution in [3.8, 4) is 0 Å². The Labute approximate surface area is 101 Å². The van der Waals surface area contributed by atoms with Crippen LogP contribution in [0.5, 0.6) is 0 Å². The van der Waals surface area contributed by atoms with Crippen molar-refractivity contribution in [1.82, 2.24) is 0 Å². The van der Waals surface area contributed by atoms with E-state index in [0.717, 1.165) is 18.6 Å². The maximum absolute atomic E-state index is 11.7. The van der Waals surface area contributed by atoms with E-state index in [1.807, 2.05) is 6.07 Å². The molecule has 0 amide bonds. The minimum absolute atomic E-state index is 0.0886. The van der Waals surface area contributed by atoms with Gasteiger partial charge in [0.1, 0.15) is 17.3 Å². The SMILES string of the molecule is CC[S+]1CCC(=O)CC1(C)c1ccccc1. The number of hydrogen-bond donors (Lipinski definition) is 0. The predicted molar refractivity (Wildman–Crippen MR) is 70.8 cm³/mol. The molecule has 0 aliphatic carbocycles. The smallest absolute Gasteiger partial charge is 0.157 e. The van der Waals surface area contributed by atoms with E-state index < -0.39 is 0 Å². The zero-order valence-electron chi connectivity index (χ0n) is 10.0. The van der Waals surface area contributed by atoms with Crippen LogP contribution in [0.25, 0.3) is 0 Å². The second kappa shape index (κ2) is 4.62. The van der Waals surface area contributed by atoms with Crippen LogP contribution in [0.15, 0.2) is 30.3 Å². The molecular weight excluding hydrogens is 216 g/mol. The lowest BCUT2D eigenvalue weighted by atomic mass is 9.93. The Hall–Kier alpha value is -0.760. The van der Waals surface area contributed by atoms with Crippen LogP contribution in [0.4, 0.5) is 0 Å². The molecule has 1 aliphatic rings. The number of Topliss-reactive ketones (excluding diaryl/α,β-unsaturated/α-hetero) is 1. The second-order valence-corrected chi connectivity index (χ2v) is 7.42. The van der Waals surface area contributed by atoms with Crippen LogP contribution in [-0.4, -0.2) is 17.3 Å². The molecule has 0 spiro atoms.